The fourth-order valence-corrected chi connectivity index (χ4v) is 0.0833. The van der Waals surface area contributed by atoms with Gasteiger partial charge in [-0.1, -0.05) is 38.8 Å². The van der Waals surface area contributed by atoms with Crippen molar-refractivity contribution in [1.29, 1.82) is 0 Å². The third-order valence-electron chi connectivity index (χ3n) is 0.644. The lowest BCUT2D eigenvalue weighted by atomic mass is 10.4. The first kappa shape index (κ1) is 7.63. The number of halogens is 2. The molecule has 0 saturated carbocycles. The molecule has 0 rings (SSSR count). The Labute approximate surface area is 59.7 Å². The van der Waals surface area contributed by atoms with Gasteiger partial charge in [-0.25, -0.2) is 0 Å². The molecule has 3 heteroatoms. The summed E-state index contributed by atoms with van der Waals surface area (Å²) in [7, 11) is 0. The summed E-state index contributed by atoms with van der Waals surface area (Å²) in [6.07, 6.45) is 1.59. The molecule has 0 amide bonds. The number of carbonyl (C=O) groups excluding carboxylic acids is 1. The zero-order valence-corrected chi connectivity index (χ0v) is 7.12. The number of rotatable bonds is 2. The van der Waals surface area contributed by atoms with Crippen molar-refractivity contribution in [2.24, 2.45) is 0 Å². The van der Waals surface area contributed by atoms with Crippen LogP contribution in [0.3, 0.4) is 0 Å². The lowest BCUT2D eigenvalue weighted by molar-refractivity contribution is -0.107. The van der Waals surface area contributed by atoms with Crippen molar-refractivity contribution in [3.05, 3.63) is 0 Å². The fraction of sp³-hybridized carbons (Fsp3) is 0.750. The van der Waals surface area contributed by atoms with E-state index in [1.807, 2.05) is 6.92 Å². The van der Waals surface area contributed by atoms with Crippen molar-refractivity contribution in [2.75, 3.05) is 0 Å². The Hall–Kier alpha value is 0.630. The van der Waals surface area contributed by atoms with Crippen LogP contribution in [0.4, 0.5) is 0 Å². The molecule has 0 fully saturated rings. The van der Waals surface area contributed by atoms with E-state index in [1.165, 1.54) is 0 Å². The van der Waals surface area contributed by atoms with Crippen LogP contribution in [-0.2, 0) is 4.79 Å². The average molecular weight is 230 g/mol. The zero-order valence-electron chi connectivity index (χ0n) is 3.95. The van der Waals surface area contributed by atoms with Gasteiger partial charge in [-0.15, -0.1) is 0 Å². The highest BCUT2D eigenvalue weighted by atomic mass is 79.9. The fourth-order valence-electron chi connectivity index (χ4n) is 0.0833. The number of aldehydes is 1. The topological polar surface area (TPSA) is 17.1 Å². The van der Waals surface area contributed by atoms with Gasteiger partial charge in [0.1, 0.15) is 9.52 Å². The van der Waals surface area contributed by atoms with Gasteiger partial charge in [0.05, 0.1) is 0 Å². The number of hydrogen-bond acceptors (Lipinski definition) is 1. The van der Waals surface area contributed by atoms with Gasteiger partial charge >= 0.3 is 0 Å². The van der Waals surface area contributed by atoms with Gasteiger partial charge in [-0.3, -0.25) is 0 Å². The van der Waals surface area contributed by atoms with E-state index in [0.717, 1.165) is 12.7 Å². The highest BCUT2D eigenvalue weighted by molar-refractivity contribution is 9.25. The van der Waals surface area contributed by atoms with E-state index in [0.29, 0.717) is 0 Å². The SMILES string of the molecule is CCC(Br)(Br)C=O. The van der Waals surface area contributed by atoms with Crippen molar-refractivity contribution >= 4 is 38.1 Å². The molecule has 0 heterocycles. The van der Waals surface area contributed by atoms with Crippen LogP contribution < -0.4 is 0 Å². The van der Waals surface area contributed by atoms with E-state index in [9.17, 15) is 4.79 Å². The highest BCUT2D eigenvalue weighted by Gasteiger charge is 2.16. The van der Waals surface area contributed by atoms with E-state index >= 15 is 0 Å². The molecule has 0 bridgehead atoms. The maximum absolute atomic E-state index is 9.96. The molecule has 0 atom stereocenters. The largest absolute Gasteiger partial charge is 0.301 e. The molecule has 42 valence electrons. The van der Waals surface area contributed by atoms with Crippen LogP contribution in [0.5, 0.6) is 0 Å². The minimum Gasteiger partial charge on any atom is -0.301 e. The Morgan fingerprint density at radius 3 is 2.14 bits per heavy atom. The molecule has 7 heavy (non-hydrogen) atoms. The molecule has 0 aliphatic rings. The molecule has 1 nitrogen and oxygen atoms in total. The second-order valence-electron chi connectivity index (χ2n) is 1.23. The first-order valence-corrected chi connectivity index (χ1v) is 3.55. The van der Waals surface area contributed by atoms with Crippen LogP contribution in [0.2, 0.25) is 0 Å². The maximum atomic E-state index is 9.96. The summed E-state index contributed by atoms with van der Waals surface area (Å²) in [5.74, 6) is 0. The van der Waals surface area contributed by atoms with Crippen LogP contribution in [0.15, 0.2) is 0 Å². The van der Waals surface area contributed by atoms with Crippen molar-refractivity contribution < 1.29 is 4.79 Å². The van der Waals surface area contributed by atoms with Gasteiger partial charge in [0.25, 0.3) is 0 Å². The first-order chi connectivity index (χ1) is 3.12. The summed E-state index contributed by atoms with van der Waals surface area (Å²) >= 11 is 6.26. The molecule has 0 aliphatic carbocycles. The number of hydrogen-bond donors (Lipinski definition) is 0. The van der Waals surface area contributed by atoms with E-state index in [1.54, 1.807) is 0 Å². The van der Waals surface area contributed by atoms with E-state index in [2.05, 4.69) is 31.9 Å². The normalized spacial score (nSPS) is 11.3. The molecule has 0 saturated heterocycles. The smallest absolute Gasteiger partial charge is 0.147 e. The van der Waals surface area contributed by atoms with Crippen molar-refractivity contribution in [3.63, 3.8) is 0 Å². The Morgan fingerprint density at radius 1 is 1.71 bits per heavy atom. The van der Waals surface area contributed by atoms with E-state index in [4.69, 9.17) is 0 Å². The molecule has 0 aromatic rings. The quantitative estimate of drug-likeness (QED) is 0.524. The maximum Gasteiger partial charge on any atom is 0.147 e. The van der Waals surface area contributed by atoms with Crippen LogP contribution in [0, 0.1) is 0 Å². The molecule has 0 aromatic heterocycles. The van der Waals surface area contributed by atoms with Gasteiger partial charge in [-0.2, -0.15) is 0 Å². The Balaban J connectivity index is 3.58. The summed E-state index contributed by atoms with van der Waals surface area (Å²) in [6.45, 7) is 1.91. The molecule has 0 spiro atoms. The van der Waals surface area contributed by atoms with E-state index in [-0.39, 0.29) is 0 Å². The van der Waals surface area contributed by atoms with Crippen LogP contribution >= 0.6 is 31.9 Å². The predicted molar refractivity (Wildman–Crippen MR) is 36.9 cm³/mol. The van der Waals surface area contributed by atoms with Crippen LogP contribution in [0.25, 0.3) is 0 Å². The van der Waals surface area contributed by atoms with Crippen molar-refractivity contribution in [1.82, 2.24) is 0 Å². The Bertz CT molecular complexity index is 70.1. The average Bonchev–Trinajstić information content (AvgIpc) is 1.68. The Morgan fingerprint density at radius 2 is 2.14 bits per heavy atom. The monoisotopic (exact) mass is 228 g/mol. The van der Waals surface area contributed by atoms with Gasteiger partial charge in [-0.05, 0) is 6.42 Å². The molecule has 0 aromatic carbocycles. The summed E-state index contributed by atoms with van der Waals surface area (Å²) in [4.78, 5) is 9.96. The molecule has 0 N–H and O–H groups in total. The molecule has 0 aliphatic heterocycles. The third-order valence-corrected chi connectivity index (χ3v) is 2.14. The van der Waals surface area contributed by atoms with Gasteiger partial charge in [0, 0.05) is 0 Å². The minimum atomic E-state index is -0.472. The van der Waals surface area contributed by atoms with Crippen LogP contribution in [0.1, 0.15) is 13.3 Å². The lowest BCUT2D eigenvalue weighted by Gasteiger charge is -2.05. The highest BCUT2D eigenvalue weighted by Crippen LogP contribution is 2.26. The molecular formula is C4H6Br2O. The lowest BCUT2D eigenvalue weighted by Crippen LogP contribution is -2.09. The second-order valence-corrected chi connectivity index (χ2v) is 5.13. The Kier molecular flexibility index (Phi) is 3.08. The third kappa shape index (κ3) is 3.23. The summed E-state index contributed by atoms with van der Waals surface area (Å²) in [5.41, 5.74) is 0. The van der Waals surface area contributed by atoms with Crippen LogP contribution in [-0.4, -0.2) is 9.52 Å². The first-order valence-electron chi connectivity index (χ1n) is 1.96. The summed E-state index contributed by atoms with van der Waals surface area (Å²) in [5, 5.41) is 0. The molecule has 0 unspecified atom stereocenters. The minimum absolute atomic E-state index is 0.472. The summed E-state index contributed by atoms with van der Waals surface area (Å²) < 4.78 is -0.472. The summed E-state index contributed by atoms with van der Waals surface area (Å²) in [6, 6.07) is 0. The molecular weight excluding hydrogens is 224 g/mol. The van der Waals surface area contributed by atoms with Gasteiger partial charge < -0.3 is 4.79 Å². The predicted octanol–water partition coefficient (Wildman–Crippen LogP) is 2.08. The zero-order chi connectivity index (χ0) is 5.91. The van der Waals surface area contributed by atoms with Gasteiger partial charge in [0.2, 0.25) is 0 Å². The standard InChI is InChI=1S/C4H6Br2O/c1-2-4(5,6)3-7/h3H,2H2,1H3. The van der Waals surface area contributed by atoms with Gasteiger partial charge in [0.15, 0.2) is 0 Å². The van der Waals surface area contributed by atoms with Crippen molar-refractivity contribution in [2.45, 2.75) is 16.6 Å². The second kappa shape index (κ2) is 2.82. The van der Waals surface area contributed by atoms with Crippen molar-refractivity contribution in [3.8, 4) is 0 Å². The molecule has 0 radical (unpaired) electrons. The number of carbonyl (C=O) groups is 1. The number of alkyl halides is 2. The van der Waals surface area contributed by atoms with E-state index < -0.39 is 3.23 Å².